The molecule has 3 rings (SSSR count). The van der Waals surface area contributed by atoms with Crippen LogP contribution in [0.1, 0.15) is 16.7 Å². The summed E-state index contributed by atoms with van der Waals surface area (Å²) < 4.78 is 5.58. The number of carbonyl (C=O) groups excluding carboxylic acids is 1. The second-order valence-corrected chi connectivity index (χ2v) is 7.61. The lowest BCUT2D eigenvalue weighted by Crippen LogP contribution is -2.20. The number of hydrogen-bond acceptors (Lipinski definition) is 3. The van der Waals surface area contributed by atoms with Gasteiger partial charge in [-0.1, -0.05) is 41.4 Å². The van der Waals surface area contributed by atoms with Gasteiger partial charge in [-0.25, -0.2) is 0 Å². The third-order valence-electron chi connectivity index (χ3n) is 4.47. The van der Waals surface area contributed by atoms with Crippen molar-refractivity contribution in [2.45, 2.75) is 20.4 Å². The summed E-state index contributed by atoms with van der Waals surface area (Å²) in [4.78, 5) is 12.1. The molecule has 4 nitrogen and oxygen atoms in total. The molecule has 3 aromatic carbocycles. The van der Waals surface area contributed by atoms with Crippen LogP contribution in [0.25, 0.3) is 0 Å². The molecule has 1 amide bonds. The van der Waals surface area contributed by atoms with Gasteiger partial charge in [-0.05, 0) is 73.0 Å². The second kappa shape index (κ2) is 9.68. The van der Waals surface area contributed by atoms with Crippen LogP contribution in [0.4, 0.5) is 11.4 Å². The predicted octanol–water partition coefficient (Wildman–Crippen LogP) is 6.24. The van der Waals surface area contributed by atoms with E-state index in [0.717, 1.165) is 22.5 Å². The molecule has 0 aromatic heterocycles. The average Bonchev–Trinajstić information content (AvgIpc) is 2.68. The van der Waals surface area contributed by atoms with E-state index in [1.165, 1.54) is 5.56 Å². The first kappa shape index (κ1) is 21.0. The van der Waals surface area contributed by atoms with E-state index in [0.29, 0.717) is 22.3 Å². The SMILES string of the molecule is Cc1ccc(NC(=O)COc2ccc(CNc3cccc(Cl)c3)cc2Cl)cc1C. The van der Waals surface area contributed by atoms with E-state index < -0.39 is 0 Å². The summed E-state index contributed by atoms with van der Waals surface area (Å²) >= 11 is 12.3. The fourth-order valence-electron chi connectivity index (χ4n) is 2.73. The zero-order valence-electron chi connectivity index (χ0n) is 16.3. The minimum atomic E-state index is -0.240. The molecule has 150 valence electrons. The van der Waals surface area contributed by atoms with Crippen LogP contribution in [0.5, 0.6) is 5.75 Å². The van der Waals surface area contributed by atoms with E-state index in [1.54, 1.807) is 6.07 Å². The Morgan fingerprint density at radius 3 is 2.48 bits per heavy atom. The number of amides is 1. The first-order valence-corrected chi connectivity index (χ1v) is 9.94. The molecular weight excluding hydrogens is 407 g/mol. The van der Waals surface area contributed by atoms with Crippen molar-refractivity contribution in [3.05, 3.63) is 87.4 Å². The Kier molecular flexibility index (Phi) is 7.02. The van der Waals surface area contributed by atoms with Crippen molar-refractivity contribution < 1.29 is 9.53 Å². The lowest BCUT2D eigenvalue weighted by atomic mass is 10.1. The second-order valence-electron chi connectivity index (χ2n) is 6.76. The van der Waals surface area contributed by atoms with Gasteiger partial charge in [0.15, 0.2) is 6.61 Å². The summed E-state index contributed by atoms with van der Waals surface area (Å²) in [6.07, 6.45) is 0. The lowest BCUT2D eigenvalue weighted by Gasteiger charge is -2.12. The lowest BCUT2D eigenvalue weighted by molar-refractivity contribution is -0.118. The van der Waals surface area contributed by atoms with E-state index in [1.807, 2.05) is 68.4 Å². The summed E-state index contributed by atoms with van der Waals surface area (Å²) in [6.45, 7) is 4.50. The van der Waals surface area contributed by atoms with Gasteiger partial charge < -0.3 is 15.4 Å². The number of nitrogens with one attached hydrogen (secondary N) is 2. The molecule has 0 aliphatic rings. The Labute approximate surface area is 180 Å². The highest BCUT2D eigenvalue weighted by atomic mass is 35.5. The molecule has 0 unspecified atom stereocenters. The number of ether oxygens (including phenoxy) is 1. The van der Waals surface area contributed by atoms with Crippen molar-refractivity contribution in [1.29, 1.82) is 0 Å². The van der Waals surface area contributed by atoms with Crippen LogP contribution in [0.15, 0.2) is 60.7 Å². The van der Waals surface area contributed by atoms with Crippen molar-refractivity contribution in [2.75, 3.05) is 17.2 Å². The van der Waals surface area contributed by atoms with Crippen molar-refractivity contribution in [3.63, 3.8) is 0 Å². The number of benzene rings is 3. The summed E-state index contributed by atoms with van der Waals surface area (Å²) in [7, 11) is 0. The molecule has 3 aromatic rings. The molecular formula is C23H22Cl2N2O2. The van der Waals surface area contributed by atoms with E-state index >= 15 is 0 Å². The molecule has 0 bridgehead atoms. The number of aryl methyl sites for hydroxylation is 2. The molecule has 0 aliphatic heterocycles. The van der Waals surface area contributed by atoms with Gasteiger partial charge in [0, 0.05) is 22.9 Å². The van der Waals surface area contributed by atoms with Crippen molar-refractivity contribution in [1.82, 2.24) is 0 Å². The normalized spacial score (nSPS) is 10.5. The van der Waals surface area contributed by atoms with E-state index in [-0.39, 0.29) is 12.5 Å². The van der Waals surface area contributed by atoms with Gasteiger partial charge in [0.05, 0.1) is 5.02 Å². The number of rotatable bonds is 7. The molecule has 29 heavy (non-hydrogen) atoms. The maximum absolute atomic E-state index is 12.1. The van der Waals surface area contributed by atoms with Crippen LogP contribution in [0.2, 0.25) is 10.0 Å². The van der Waals surface area contributed by atoms with E-state index in [9.17, 15) is 4.79 Å². The fourth-order valence-corrected chi connectivity index (χ4v) is 3.18. The zero-order chi connectivity index (χ0) is 20.8. The van der Waals surface area contributed by atoms with Crippen LogP contribution in [-0.4, -0.2) is 12.5 Å². The first-order valence-electron chi connectivity index (χ1n) is 9.18. The fraction of sp³-hybridized carbons (Fsp3) is 0.174. The number of hydrogen-bond donors (Lipinski definition) is 2. The Morgan fingerprint density at radius 1 is 0.931 bits per heavy atom. The number of anilines is 2. The Morgan fingerprint density at radius 2 is 1.76 bits per heavy atom. The number of halogens is 2. The van der Waals surface area contributed by atoms with E-state index in [4.69, 9.17) is 27.9 Å². The standard InChI is InChI=1S/C23H22Cl2N2O2/c1-15-6-8-20(10-16(15)2)27-23(28)14-29-22-9-7-17(11-21(22)25)13-26-19-5-3-4-18(24)12-19/h3-12,26H,13-14H2,1-2H3,(H,27,28). The van der Waals surface area contributed by atoms with Crippen LogP contribution in [0, 0.1) is 13.8 Å². The highest BCUT2D eigenvalue weighted by Crippen LogP contribution is 2.26. The molecule has 2 N–H and O–H groups in total. The smallest absolute Gasteiger partial charge is 0.262 e. The molecule has 0 heterocycles. The zero-order valence-corrected chi connectivity index (χ0v) is 17.8. The van der Waals surface area contributed by atoms with Crippen LogP contribution in [-0.2, 0) is 11.3 Å². The van der Waals surface area contributed by atoms with Gasteiger partial charge in [-0.15, -0.1) is 0 Å². The maximum Gasteiger partial charge on any atom is 0.262 e. The van der Waals surface area contributed by atoms with Crippen molar-refractivity contribution in [2.24, 2.45) is 0 Å². The third-order valence-corrected chi connectivity index (χ3v) is 5.00. The van der Waals surface area contributed by atoms with Gasteiger partial charge in [-0.3, -0.25) is 4.79 Å². The van der Waals surface area contributed by atoms with Crippen molar-refractivity contribution in [3.8, 4) is 5.75 Å². The molecule has 0 spiro atoms. The highest BCUT2D eigenvalue weighted by Gasteiger charge is 2.08. The van der Waals surface area contributed by atoms with Crippen molar-refractivity contribution >= 4 is 40.5 Å². The number of carbonyl (C=O) groups is 1. The summed E-state index contributed by atoms with van der Waals surface area (Å²) in [5.74, 6) is 0.226. The first-order chi connectivity index (χ1) is 13.9. The van der Waals surface area contributed by atoms with Gasteiger partial charge >= 0.3 is 0 Å². The molecule has 0 radical (unpaired) electrons. The highest BCUT2D eigenvalue weighted by molar-refractivity contribution is 6.32. The summed E-state index contributed by atoms with van der Waals surface area (Å²) in [5, 5.41) is 7.24. The summed E-state index contributed by atoms with van der Waals surface area (Å²) in [5.41, 5.74) is 4.96. The van der Waals surface area contributed by atoms with Gasteiger partial charge in [0.1, 0.15) is 5.75 Å². The Hall–Kier alpha value is -2.69. The molecule has 0 atom stereocenters. The van der Waals surface area contributed by atoms with E-state index in [2.05, 4.69) is 10.6 Å². The quantitative estimate of drug-likeness (QED) is 0.468. The topological polar surface area (TPSA) is 50.4 Å². The van der Waals surface area contributed by atoms with Crippen LogP contribution >= 0.6 is 23.2 Å². The Balaban J connectivity index is 1.53. The van der Waals surface area contributed by atoms with Gasteiger partial charge in [0.2, 0.25) is 0 Å². The third kappa shape index (κ3) is 6.14. The van der Waals surface area contributed by atoms with Gasteiger partial charge in [-0.2, -0.15) is 0 Å². The average molecular weight is 429 g/mol. The molecule has 0 saturated heterocycles. The van der Waals surface area contributed by atoms with Crippen LogP contribution < -0.4 is 15.4 Å². The molecule has 0 saturated carbocycles. The van der Waals surface area contributed by atoms with Crippen LogP contribution in [0.3, 0.4) is 0 Å². The Bertz CT molecular complexity index is 1020. The van der Waals surface area contributed by atoms with Gasteiger partial charge in [0.25, 0.3) is 5.91 Å². The monoisotopic (exact) mass is 428 g/mol. The summed E-state index contributed by atoms with van der Waals surface area (Å²) in [6, 6.07) is 18.8. The molecule has 0 aliphatic carbocycles. The predicted molar refractivity (Wildman–Crippen MR) is 120 cm³/mol. The largest absolute Gasteiger partial charge is 0.482 e. The maximum atomic E-state index is 12.1. The minimum absolute atomic E-state index is 0.118. The molecule has 6 heteroatoms. The molecule has 0 fully saturated rings. The minimum Gasteiger partial charge on any atom is -0.482 e.